The van der Waals surface area contributed by atoms with Crippen molar-refractivity contribution < 1.29 is 4.79 Å². The van der Waals surface area contributed by atoms with Crippen molar-refractivity contribution in [3.05, 3.63) is 21.8 Å². The number of hydrogen-bond donors (Lipinski definition) is 0. The Balaban J connectivity index is 1.61. The molecule has 1 aromatic rings. The maximum atomic E-state index is 12.2. The Morgan fingerprint density at radius 3 is 2.68 bits per heavy atom. The molecule has 0 atom stereocenters. The summed E-state index contributed by atoms with van der Waals surface area (Å²) in [5.74, 6) is 1.30. The molecule has 6 heteroatoms. The molecule has 0 bridgehead atoms. The minimum Gasteiger partial charge on any atom is -0.354 e. The summed E-state index contributed by atoms with van der Waals surface area (Å²) in [7, 11) is 0. The zero-order valence-corrected chi connectivity index (χ0v) is 12.8. The van der Waals surface area contributed by atoms with E-state index in [1.807, 2.05) is 11.0 Å². The summed E-state index contributed by atoms with van der Waals surface area (Å²) in [4.78, 5) is 20.6. The topological polar surface area (TPSA) is 36.4 Å². The van der Waals surface area contributed by atoms with Crippen LogP contribution in [0, 0.1) is 5.92 Å². The molecule has 1 amide bonds. The molecular formula is C13H15BrClN3O. The van der Waals surface area contributed by atoms with Gasteiger partial charge in [0, 0.05) is 32.4 Å². The standard InChI is InChI=1S/C13H15BrClN3O/c14-11-5-10(15)6-16-12(11)18-7-9(8-18)13(19)17-3-1-2-4-17/h5-6,9H,1-4,7-8H2. The van der Waals surface area contributed by atoms with E-state index in [1.165, 1.54) is 0 Å². The van der Waals surface area contributed by atoms with Gasteiger partial charge in [0.1, 0.15) is 5.82 Å². The molecule has 2 aliphatic heterocycles. The SMILES string of the molecule is O=C(C1CN(c2ncc(Cl)cc2Br)C1)N1CCCC1. The molecule has 2 fully saturated rings. The highest BCUT2D eigenvalue weighted by molar-refractivity contribution is 9.10. The fourth-order valence-corrected chi connectivity index (χ4v) is 3.53. The molecule has 1 aromatic heterocycles. The Labute approximate surface area is 125 Å². The Bertz CT molecular complexity index is 499. The number of anilines is 1. The number of rotatable bonds is 2. The highest BCUT2D eigenvalue weighted by Crippen LogP contribution is 2.32. The van der Waals surface area contributed by atoms with Gasteiger partial charge in [0.05, 0.1) is 15.4 Å². The summed E-state index contributed by atoms with van der Waals surface area (Å²) in [6, 6.07) is 1.83. The highest BCUT2D eigenvalue weighted by Gasteiger charge is 2.37. The average molecular weight is 345 g/mol. The molecular weight excluding hydrogens is 330 g/mol. The second-order valence-electron chi connectivity index (χ2n) is 5.09. The second kappa shape index (κ2) is 5.29. The van der Waals surface area contributed by atoms with Crippen molar-refractivity contribution in [1.82, 2.24) is 9.88 Å². The molecule has 0 aliphatic carbocycles. The Hall–Kier alpha value is -0.810. The highest BCUT2D eigenvalue weighted by atomic mass is 79.9. The number of likely N-dealkylation sites (tertiary alicyclic amines) is 1. The Kier molecular flexibility index (Phi) is 3.67. The zero-order valence-electron chi connectivity index (χ0n) is 10.5. The maximum absolute atomic E-state index is 12.2. The van der Waals surface area contributed by atoms with Gasteiger partial charge in [0.2, 0.25) is 5.91 Å². The Morgan fingerprint density at radius 2 is 2.05 bits per heavy atom. The Morgan fingerprint density at radius 1 is 1.37 bits per heavy atom. The van der Waals surface area contributed by atoms with Crippen LogP contribution in [0.15, 0.2) is 16.7 Å². The molecule has 0 N–H and O–H groups in total. The lowest BCUT2D eigenvalue weighted by Gasteiger charge is -2.41. The van der Waals surface area contributed by atoms with Gasteiger partial charge in [0.15, 0.2) is 0 Å². The lowest BCUT2D eigenvalue weighted by molar-refractivity contribution is -0.135. The molecule has 4 nitrogen and oxygen atoms in total. The van der Waals surface area contributed by atoms with Crippen LogP contribution in [-0.2, 0) is 4.79 Å². The van der Waals surface area contributed by atoms with E-state index in [0.717, 1.165) is 49.3 Å². The van der Waals surface area contributed by atoms with Gasteiger partial charge in [-0.15, -0.1) is 0 Å². The van der Waals surface area contributed by atoms with Gasteiger partial charge in [-0.2, -0.15) is 0 Å². The molecule has 102 valence electrons. The quantitative estimate of drug-likeness (QED) is 0.827. The molecule has 2 saturated heterocycles. The summed E-state index contributed by atoms with van der Waals surface area (Å²) < 4.78 is 0.882. The summed E-state index contributed by atoms with van der Waals surface area (Å²) in [5, 5.41) is 0.612. The first-order valence-corrected chi connectivity index (χ1v) is 7.67. The van der Waals surface area contributed by atoms with Crippen molar-refractivity contribution in [3.63, 3.8) is 0 Å². The molecule has 0 unspecified atom stereocenters. The van der Waals surface area contributed by atoms with E-state index >= 15 is 0 Å². The zero-order chi connectivity index (χ0) is 13.4. The van der Waals surface area contributed by atoms with Crippen LogP contribution in [0.4, 0.5) is 5.82 Å². The predicted octanol–water partition coefficient (Wildman–Crippen LogP) is 2.56. The van der Waals surface area contributed by atoms with Gasteiger partial charge in [-0.05, 0) is 34.8 Å². The number of halogens is 2. The maximum Gasteiger partial charge on any atom is 0.229 e. The summed E-state index contributed by atoms with van der Waals surface area (Å²) in [6.45, 7) is 3.36. The van der Waals surface area contributed by atoms with Crippen molar-refractivity contribution in [2.75, 3.05) is 31.1 Å². The van der Waals surface area contributed by atoms with Crippen LogP contribution in [-0.4, -0.2) is 42.0 Å². The molecule has 0 spiro atoms. The average Bonchev–Trinajstić information content (AvgIpc) is 2.83. The largest absolute Gasteiger partial charge is 0.354 e. The number of carbonyl (C=O) groups excluding carboxylic acids is 1. The van der Waals surface area contributed by atoms with Crippen LogP contribution >= 0.6 is 27.5 Å². The van der Waals surface area contributed by atoms with Gasteiger partial charge >= 0.3 is 0 Å². The first-order valence-electron chi connectivity index (χ1n) is 6.50. The molecule has 2 aliphatic rings. The van der Waals surface area contributed by atoms with Gasteiger partial charge in [-0.1, -0.05) is 11.6 Å². The normalized spacial score (nSPS) is 19.7. The lowest BCUT2D eigenvalue weighted by atomic mass is 9.98. The first-order chi connectivity index (χ1) is 9.15. The van der Waals surface area contributed by atoms with Gasteiger partial charge in [-0.3, -0.25) is 4.79 Å². The molecule has 3 rings (SSSR count). The molecule has 0 aromatic carbocycles. The van der Waals surface area contributed by atoms with E-state index in [1.54, 1.807) is 6.20 Å². The summed E-state index contributed by atoms with van der Waals surface area (Å²) in [6.07, 6.45) is 3.93. The molecule has 0 radical (unpaired) electrons. The lowest BCUT2D eigenvalue weighted by Crippen LogP contribution is -2.54. The monoisotopic (exact) mass is 343 g/mol. The second-order valence-corrected chi connectivity index (χ2v) is 6.38. The minimum absolute atomic E-state index is 0.127. The first kappa shape index (κ1) is 13.2. The number of amides is 1. The fourth-order valence-electron chi connectivity index (χ4n) is 2.64. The number of carbonyl (C=O) groups is 1. The van der Waals surface area contributed by atoms with E-state index in [-0.39, 0.29) is 5.92 Å². The third-order valence-electron chi connectivity index (χ3n) is 3.74. The van der Waals surface area contributed by atoms with Crippen LogP contribution in [0.1, 0.15) is 12.8 Å². The van der Waals surface area contributed by atoms with Crippen LogP contribution in [0.25, 0.3) is 0 Å². The van der Waals surface area contributed by atoms with Crippen molar-refractivity contribution >= 4 is 39.3 Å². The number of aromatic nitrogens is 1. The van der Waals surface area contributed by atoms with Crippen LogP contribution in [0.3, 0.4) is 0 Å². The predicted molar refractivity (Wildman–Crippen MR) is 78.5 cm³/mol. The third kappa shape index (κ3) is 2.58. The number of nitrogens with zero attached hydrogens (tertiary/aromatic N) is 3. The van der Waals surface area contributed by atoms with Crippen molar-refractivity contribution in [2.45, 2.75) is 12.8 Å². The van der Waals surface area contributed by atoms with Crippen molar-refractivity contribution in [2.24, 2.45) is 5.92 Å². The van der Waals surface area contributed by atoms with Crippen molar-refractivity contribution in [3.8, 4) is 0 Å². The van der Waals surface area contributed by atoms with E-state index in [0.29, 0.717) is 10.9 Å². The van der Waals surface area contributed by atoms with Gasteiger partial charge in [-0.25, -0.2) is 4.98 Å². The van der Waals surface area contributed by atoms with E-state index in [4.69, 9.17) is 11.6 Å². The fraction of sp³-hybridized carbons (Fsp3) is 0.538. The minimum atomic E-state index is 0.127. The third-order valence-corrected chi connectivity index (χ3v) is 4.53. The van der Waals surface area contributed by atoms with Crippen LogP contribution in [0.2, 0.25) is 5.02 Å². The summed E-state index contributed by atoms with van der Waals surface area (Å²) in [5.41, 5.74) is 0. The number of pyridine rings is 1. The molecule has 0 saturated carbocycles. The molecule has 3 heterocycles. The summed E-state index contributed by atoms with van der Waals surface area (Å²) >= 11 is 9.34. The van der Waals surface area contributed by atoms with Crippen LogP contribution < -0.4 is 4.90 Å². The van der Waals surface area contributed by atoms with E-state index in [9.17, 15) is 4.79 Å². The smallest absolute Gasteiger partial charge is 0.229 e. The van der Waals surface area contributed by atoms with E-state index in [2.05, 4.69) is 25.8 Å². The number of hydrogen-bond acceptors (Lipinski definition) is 3. The van der Waals surface area contributed by atoms with Gasteiger partial charge in [0.25, 0.3) is 0 Å². The van der Waals surface area contributed by atoms with E-state index < -0.39 is 0 Å². The van der Waals surface area contributed by atoms with Crippen LogP contribution in [0.5, 0.6) is 0 Å². The van der Waals surface area contributed by atoms with Crippen molar-refractivity contribution in [1.29, 1.82) is 0 Å². The van der Waals surface area contributed by atoms with Gasteiger partial charge < -0.3 is 9.80 Å². The molecule has 19 heavy (non-hydrogen) atoms.